The van der Waals surface area contributed by atoms with E-state index in [0.29, 0.717) is 5.56 Å². The Morgan fingerprint density at radius 3 is 2.48 bits per heavy atom. The van der Waals surface area contributed by atoms with Gasteiger partial charge in [-0.3, -0.25) is 20.2 Å². The molecule has 2 rings (SSSR count). The van der Waals surface area contributed by atoms with Crippen LogP contribution in [0.15, 0.2) is 16.1 Å². The largest absolute Gasteiger partial charge is 0.503 e. The SMILES string of the molecule is COc1cc(C=C2C(=O)NC(=S)NC2=O)c(Cl)c(Br)c1O. The number of thiocarbonyl (C=S) groups is 1. The first-order valence-electron chi connectivity index (χ1n) is 5.48. The average molecular weight is 392 g/mol. The molecule has 1 aliphatic rings. The standard InChI is InChI=1S/C12H8BrClN2O4S/c1-20-6-3-4(8(14)7(13)9(6)17)2-5-10(18)15-12(21)16-11(5)19/h2-3,17H,1H3,(H2,15,16,18,19,21). The van der Waals surface area contributed by atoms with Crippen molar-refractivity contribution in [2.45, 2.75) is 0 Å². The molecule has 0 radical (unpaired) electrons. The number of rotatable bonds is 2. The van der Waals surface area contributed by atoms with Crippen LogP contribution in [0.2, 0.25) is 5.02 Å². The van der Waals surface area contributed by atoms with E-state index < -0.39 is 11.8 Å². The maximum atomic E-state index is 11.8. The molecule has 0 aliphatic carbocycles. The van der Waals surface area contributed by atoms with Gasteiger partial charge in [0.05, 0.1) is 16.6 Å². The summed E-state index contributed by atoms with van der Waals surface area (Å²) in [5, 5.41) is 14.5. The molecule has 1 aliphatic heterocycles. The lowest BCUT2D eigenvalue weighted by Crippen LogP contribution is -2.51. The number of nitrogens with one attached hydrogen (secondary N) is 2. The fraction of sp³-hybridized carbons (Fsp3) is 0.0833. The molecule has 1 aromatic rings. The summed E-state index contributed by atoms with van der Waals surface area (Å²) in [6, 6.07) is 1.41. The van der Waals surface area contributed by atoms with Gasteiger partial charge in [-0.25, -0.2) is 0 Å². The van der Waals surface area contributed by atoms with Crippen LogP contribution in [0.3, 0.4) is 0 Å². The summed E-state index contributed by atoms with van der Waals surface area (Å²) in [6.07, 6.45) is 1.28. The fourth-order valence-electron chi connectivity index (χ4n) is 1.63. The number of amides is 2. The molecule has 3 N–H and O–H groups in total. The Bertz CT molecular complexity index is 683. The van der Waals surface area contributed by atoms with Crippen molar-refractivity contribution < 1.29 is 19.4 Å². The number of carbonyl (C=O) groups is 2. The quantitative estimate of drug-likeness (QED) is 0.406. The van der Waals surface area contributed by atoms with Crippen LogP contribution < -0.4 is 15.4 Å². The van der Waals surface area contributed by atoms with E-state index in [-0.39, 0.29) is 31.7 Å². The number of phenols is 1. The summed E-state index contributed by atoms with van der Waals surface area (Å²) in [5.41, 5.74) is 0.163. The Labute approximate surface area is 138 Å². The molecule has 6 nitrogen and oxygen atoms in total. The van der Waals surface area contributed by atoms with E-state index >= 15 is 0 Å². The van der Waals surface area contributed by atoms with E-state index in [1.165, 1.54) is 19.3 Å². The van der Waals surface area contributed by atoms with Crippen LogP contribution >= 0.6 is 39.7 Å². The normalized spacial score (nSPS) is 14.6. The van der Waals surface area contributed by atoms with Crippen LogP contribution in [0.4, 0.5) is 0 Å². The zero-order valence-electron chi connectivity index (χ0n) is 10.5. The Morgan fingerprint density at radius 2 is 1.95 bits per heavy atom. The molecule has 9 heteroatoms. The molecule has 0 saturated carbocycles. The van der Waals surface area contributed by atoms with Crippen molar-refractivity contribution in [2.24, 2.45) is 0 Å². The third-order valence-corrected chi connectivity index (χ3v) is 4.25. The Balaban J connectivity index is 2.55. The lowest BCUT2D eigenvalue weighted by atomic mass is 10.1. The number of benzene rings is 1. The van der Waals surface area contributed by atoms with Gasteiger partial charge in [0.25, 0.3) is 11.8 Å². The van der Waals surface area contributed by atoms with Gasteiger partial charge in [0.15, 0.2) is 16.6 Å². The zero-order valence-corrected chi connectivity index (χ0v) is 13.6. The van der Waals surface area contributed by atoms with Crippen molar-refractivity contribution in [3.63, 3.8) is 0 Å². The first-order chi connectivity index (χ1) is 9.85. The Kier molecular flexibility index (Phi) is 4.50. The summed E-state index contributed by atoms with van der Waals surface area (Å²) < 4.78 is 5.19. The molecule has 21 heavy (non-hydrogen) atoms. The number of halogens is 2. The topological polar surface area (TPSA) is 87.7 Å². The van der Waals surface area contributed by atoms with E-state index in [1.54, 1.807) is 0 Å². The number of phenolic OH excluding ortho intramolecular Hbond substituents is 1. The van der Waals surface area contributed by atoms with Crippen molar-refractivity contribution in [1.82, 2.24) is 10.6 Å². The highest BCUT2D eigenvalue weighted by Crippen LogP contribution is 2.42. The molecule has 1 fully saturated rings. The Morgan fingerprint density at radius 1 is 1.38 bits per heavy atom. The minimum atomic E-state index is -0.636. The summed E-state index contributed by atoms with van der Waals surface area (Å²) in [6.45, 7) is 0. The number of ether oxygens (including phenoxy) is 1. The van der Waals surface area contributed by atoms with Crippen LogP contribution in [-0.4, -0.2) is 29.1 Å². The summed E-state index contributed by atoms with van der Waals surface area (Å²) >= 11 is 13.9. The van der Waals surface area contributed by atoms with Gasteiger partial charge in [-0.15, -0.1) is 0 Å². The monoisotopic (exact) mass is 390 g/mol. The second-order valence-corrected chi connectivity index (χ2v) is 5.52. The average Bonchev–Trinajstić information content (AvgIpc) is 2.42. The van der Waals surface area contributed by atoms with Crippen molar-refractivity contribution in [2.75, 3.05) is 7.11 Å². The maximum Gasteiger partial charge on any atom is 0.263 e. The summed E-state index contributed by atoms with van der Waals surface area (Å²) in [4.78, 5) is 23.5. The van der Waals surface area contributed by atoms with E-state index in [4.69, 9.17) is 28.6 Å². The predicted molar refractivity (Wildman–Crippen MR) is 84.2 cm³/mol. The van der Waals surface area contributed by atoms with Gasteiger partial charge in [0, 0.05) is 0 Å². The first kappa shape index (κ1) is 15.7. The molecule has 0 bridgehead atoms. The van der Waals surface area contributed by atoms with Crippen LogP contribution in [0, 0.1) is 0 Å². The van der Waals surface area contributed by atoms with Crippen molar-refractivity contribution >= 4 is 62.8 Å². The maximum absolute atomic E-state index is 11.8. The third kappa shape index (κ3) is 3.02. The molecule has 1 saturated heterocycles. The summed E-state index contributed by atoms with van der Waals surface area (Å²) in [7, 11) is 1.37. The molecule has 1 heterocycles. The fourth-order valence-corrected chi connectivity index (χ4v) is 2.44. The molecule has 0 atom stereocenters. The lowest BCUT2D eigenvalue weighted by molar-refractivity contribution is -0.123. The van der Waals surface area contributed by atoms with Gasteiger partial charge in [-0.2, -0.15) is 0 Å². The molecular weight excluding hydrogens is 384 g/mol. The number of aromatic hydroxyl groups is 1. The van der Waals surface area contributed by atoms with Crippen LogP contribution in [-0.2, 0) is 9.59 Å². The van der Waals surface area contributed by atoms with Gasteiger partial charge in [-0.1, -0.05) is 11.6 Å². The third-order valence-electron chi connectivity index (χ3n) is 2.64. The predicted octanol–water partition coefficient (Wildman–Crippen LogP) is 1.73. The molecule has 2 amide bonds. The van der Waals surface area contributed by atoms with Crippen LogP contribution in [0.25, 0.3) is 6.08 Å². The van der Waals surface area contributed by atoms with E-state index in [2.05, 4.69) is 26.6 Å². The highest BCUT2D eigenvalue weighted by Gasteiger charge is 2.26. The van der Waals surface area contributed by atoms with Gasteiger partial charge >= 0.3 is 0 Å². The van der Waals surface area contributed by atoms with Gasteiger partial charge in [0.1, 0.15) is 5.57 Å². The molecule has 0 aromatic heterocycles. The molecule has 0 unspecified atom stereocenters. The molecule has 1 aromatic carbocycles. The van der Waals surface area contributed by atoms with E-state index in [0.717, 1.165) is 0 Å². The van der Waals surface area contributed by atoms with E-state index in [1.807, 2.05) is 0 Å². The highest BCUT2D eigenvalue weighted by molar-refractivity contribution is 9.10. The molecule has 110 valence electrons. The Hall–Kier alpha value is -1.64. The second-order valence-electron chi connectivity index (χ2n) is 3.94. The lowest BCUT2D eigenvalue weighted by Gasteiger charge is -2.17. The first-order valence-corrected chi connectivity index (χ1v) is 7.06. The second kappa shape index (κ2) is 6.00. The molecular formula is C12H8BrClN2O4S. The minimum absolute atomic E-state index is 0.0577. The number of hydrogen-bond donors (Lipinski definition) is 3. The van der Waals surface area contributed by atoms with Gasteiger partial charge in [0.2, 0.25) is 0 Å². The van der Waals surface area contributed by atoms with Crippen LogP contribution in [0.1, 0.15) is 5.56 Å². The number of carbonyl (C=O) groups excluding carboxylic acids is 2. The number of methoxy groups -OCH3 is 1. The van der Waals surface area contributed by atoms with E-state index in [9.17, 15) is 14.7 Å². The zero-order chi connectivity index (χ0) is 15.7. The van der Waals surface area contributed by atoms with Crippen LogP contribution in [0.5, 0.6) is 11.5 Å². The van der Waals surface area contributed by atoms with Gasteiger partial charge in [-0.05, 0) is 45.9 Å². The molecule has 0 spiro atoms. The van der Waals surface area contributed by atoms with Crippen molar-refractivity contribution in [3.05, 3.63) is 26.7 Å². The smallest absolute Gasteiger partial charge is 0.263 e. The van der Waals surface area contributed by atoms with Crippen molar-refractivity contribution in [3.8, 4) is 11.5 Å². The van der Waals surface area contributed by atoms with Crippen molar-refractivity contribution in [1.29, 1.82) is 0 Å². The summed E-state index contributed by atoms with van der Waals surface area (Å²) in [5.74, 6) is -1.31. The number of hydrogen-bond acceptors (Lipinski definition) is 5. The highest BCUT2D eigenvalue weighted by atomic mass is 79.9. The van der Waals surface area contributed by atoms with Gasteiger partial charge < -0.3 is 9.84 Å². The minimum Gasteiger partial charge on any atom is -0.503 e.